The SMILES string of the molecule is CCON=C(CSCCC(F)(F)F)C(=O)N(CC)c1cn(-c2cccnc2)nc1Cl. The lowest BCUT2D eigenvalue weighted by atomic mass is 10.3. The number of carbonyl (C=O) groups is 1. The monoisotopic (exact) mass is 463 g/mol. The smallest absolute Gasteiger partial charge is 0.389 e. The van der Waals surface area contributed by atoms with Gasteiger partial charge < -0.3 is 9.74 Å². The van der Waals surface area contributed by atoms with Crippen LogP contribution in [0, 0.1) is 0 Å². The molecule has 0 spiro atoms. The van der Waals surface area contributed by atoms with E-state index in [9.17, 15) is 18.0 Å². The highest BCUT2D eigenvalue weighted by molar-refractivity contribution is 8.00. The van der Waals surface area contributed by atoms with Crippen LogP contribution in [0.2, 0.25) is 5.15 Å². The molecule has 0 unspecified atom stereocenters. The maximum absolute atomic E-state index is 13.0. The Morgan fingerprint density at radius 3 is 2.77 bits per heavy atom. The maximum Gasteiger partial charge on any atom is 0.389 e. The molecular formula is C18H21ClF3N5O2S. The molecule has 1 amide bonds. The van der Waals surface area contributed by atoms with E-state index < -0.39 is 18.5 Å². The topological polar surface area (TPSA) is 72.6 Å². The summed E-state index contributed by atoms with van der Waals surface area (Å²) in [5.74, 6) is -0.730. The van der Waals surface area contributed by atoms with Crippen molar-refractivity contribution in [1.82, 2.24) is 14.8 Å². The number of halogens is 4. The van der Waals surface area contributed by atoms with Gasteiger partial charge in [-0.1, -0.05) is 16.8 Å². The van der Waals surface area contributed by atoms with E-state index in [-0.39, 0.29) is 35.5 Å². The lowest BCUT2D eigenvalue weighted by Crippen LogP contribution is -2.38. The van der Waals surface area contributed by atoms with Crippen molar-refractivity contribution < 1.29 is 22.8 Å². The molecule has 0 aliphatic heterocycles. The van der Waals surface area contributed by atoms with Gasteiger partial charge in [-0.15, -0.1) is 0 Å². The van der Waals surface area contributed by atoms with Crippen LogP contribution in [0.25, 0.3) is 5.69 Å². The predicted molar refractivity (Wildman–Crippen MR) is 111 cm³/mol. The van der Waals surface area contributed by atoms with E-state index in [0.717, 1.165) is 11.8 Å². The number of alkyl halides is 3. The molecule has 0 saturated carbocycles. The van der Waals surface area contributed by atoms with Crippen molar-refractivity contribution in [3.8, 4) is 5.69 Å². The first-order chi connectivity index (χ1) is 14.3. The number of carbonyl (C=O) groups excluding carboxylic acids is 1. The van der Waals surface area contributed by atoms with Crippen LogP contribution in [0.4, 0.5) is 18.9 Å². The highest BCUT2D eigenvalue weighted by Crippen LogP contribution is 2.27. The Balaban J connectivity index is 2.19. The van der Waals surface area contributed by atoms with Gasteiger partial charge in [-0.3, -0.25) is 9.78 Å². The molecule has 0 bridgehead atoms. The van der Waals surface area contributed by atoms with Crippen LogP contribution in [0.3, 0.4) is 0 Å². The van der Waals surface area contributed by atoms with Crippen molar-refractivity contribution in [2.24, 2.45) is 5.16 Å². The van der Waals surface area contributed by atoms with Crippen molar-refractivity contribution in [3.05, 3.63) is 35.9 Å². The van der Waals surface area contributed by atoms with Crippen molar-refractivity contribution in [2.45, 2.75) is 26.4 Å². The fourth-order valence-electron chi connectivity index (χ4n) is 2.35. The Morgan fingerprint density at radius 1 is 1.40 bits per heavy atom. The summed E-state index contributed by atoms with van der Waals surface area (Å²) in [5, 5.41) is 8.10. The summed E-state index contributed by atoms with van der Waals surface area (Å²) < 4.78 is 38.6. The zero-order valence-corrected chi connectivity index (χ0v) is 18.0. The van der Waals surface area contributed by atoms with E-state index in [1.807, 2.05) is 0 Å². The van der Waals surface area contributed by atoms with Gasteiger partial charge in [0.1, 0.15) is 12.3 Å². The molecular weight excluding hydrogens is 443 g/mol. The normalized spacial score (nSPS) is 12.1. The molecule has 0 aromatic carbocycles. The molecule has 0 atom stereocenters. The van der Waals surface area contributed by atoms with Crippen molar-refractivity contribution in [2.75, 3.05) is 29.6 Å². The fraction of sp³-hybridized carbons (Fsp3) is 0.444. The number of aromatic nitrogens is 3. The van der Waals surface area contributed by atoms with E-state index >= 15 is 0 Å². The number of rotatable bonds is 10. The van der Waals surface area contributed by atoms with Gasteiger partial charge in [0.2, 0.25) is 0 Å². The van der Waals surface area contributed by atoms with E-state index in [0.29, 0.717) is 11.4 Å². The minimum Gasteiger partial charge on any atom is -0.396 e. The van der Waals surface area contributed by atoms with E-state index in [1.165, 1.54) is 9.58 Å². The largest absolute Gasteiger partial charge is 0.396 e. The molecule has 2 aromatic rings. The Bertz CT molecular complexity index is 861. The minimum absolute atomic E-state index is 0.00364. The van der Waals surface area contributed by atoms with E-state index in [2.05, 4.69) is 15.2 Å². The Labute approximate surface area is 181 Å². The third-order valence-electron chi connectivity index (χ3n) is 3.73. The van der Waals surface area contributed by atoms with Crippen LogP contribution in [-0.2, 0) is 9.63 Å². The second kappa shape index (κ2) is 11.2. The summed E-state index contributed by atoms with van der Waals surface area (Å²) in [5.41, 5.74) is 0.994. The summed E-state index contributed by atoms with van der Waals surface area (Å²) in [7, 11) is 0. The zero-order chi connectivity index (χ0) is 22.1. The number of oxime groups is 1. The fourth-order valence-corrected chi connectivity index (χ4v) is 3.47. The summed E-state index contributed by atoms with van der Waals surface area (Å²) in [6, 6.07) is 3.51. The van der Waals surface area contributed by atoms with Crippen LogP contribution in [0.15, 0.2) is 35.9 Å². The molecule has 0 saturated heterocycles. The van der Waals surface area contributed by atoms with Gasteiger partial charge in [0.15, 0.2) is 10.9 Å². The average Bonchev–Trinajstić information content (AvgIpc) is 3.09. The van der Waals surface area contributed by atoms with Gasteiger partial charge in [-0.05, 0) is 26.0 Å². The van der Waals surface area contributed by atoms with Gasteiger partial charge in [0.05, 0.1) is 24.5 Å². The minimum atomic E-state index is -4.25. The second-order valence-electron chi connectivity index (χ2n) is 5.88. The summed E-state index contributed by atoms with van der Waals surface area (Å²) in [4.78, 5) is 23.4. The first-order valence-corrected chi connectivity index (χ1v) is 10.6. The summed E-state index contributed by atoms with van der Waals surface area (Å²) >= 11 is 7.21. The van der Waals surface area contributed by atoms with Gasteiger partial charge >= 0.3 is 6.18 Å². The molecule has 164 valence electrons. The van der Waals surface area contributed by atoms with Gasteiger partial charge in [0, 0.05) is 24.2 Å². The van der Waals surface area contributed by atoms with Gasteiger partial charge in [-0.2, -0.15) is 30.0 Å². The van der Waals surface area contributed by atoms with Crippen LogP contribution >= 0.6 is 23.4 Å². The quantitative estimate of drug-likeness (QED) is 0.297. The molecule has 0 N–H and O–H groups in total. The van der Waals surface area contributed by atoms with Crippen molar-refractivity contribution in [3.63, 3.8) is 0 Å². The van der Waals surface area contributed by atoms with Crippen LogP contribution in [0.1, 0.15) is 20.3 Å². The van der Waals surface area contributed by atoms with E-state index in [4.69, 9.17) is 16.4 Å². The lowest BCUT2D eigenvalue weighted by molar-refractivity contribution is -0.129. The number of hydrogen-bond donors (Lipinski definition) is 0. The number of nitrogens with zero attached hydrogens (tertiary/aromatic N) is 5. The molecule has 0 radical (unpaired) electrons. The standard InChI is InChI=1S/C18H21ClF3N5O2S/c1-3-26(15-11-27(24-16(15)19)13-6-5-8-23-10-13)17(28)14(25-29-4-2)12-30-9-7-18(20,21)22/h5-6,8,10-11H,3-4,7,9,12H2,1-2H3. The Morgan fingerprint density at radius 2 is 2.17 bits per heavy atom. The predicted octanol–water partition coefficient (Wildman–Crippen LogP) is 4.35. The third kappa shape index (κ3) is 6.91. The number of anilines is 1. The highest BCUT2D eigenvalue weighted by atomic mass is 35.5. The maximum atomic E-state index is 13.0. The molecule has 7 nitrogen and oxygen atoms in total. The molecule has 12 heteroatoms. The Hall–Kier alpha value is -2.27. The van der Waals surface area contributed by atoms with Gasteiger partial charge in [0.25, 0.3) is 5.91 Å². The zero-order valence-electron chi connectivity index (χ0n) is 16.4. The molecule has 2 rings (SSSR count). The van der Waals surface area contributed by atoms with Crippen molar-refractivity contribution in [1.29, 1.82) is 0 Å². The molecule has 0 fully saturated rings. The Kier molecular flexibility index (Phi) is 8.97. The van der Waals surface area contributed by atoms with Crippen LogP contribution in [-0.4, -0.2) is 57.2 Å². The molecule has 0 aliphatic rings. The summed E-state index contributed by atoms with van der Waals surface area (Å²) in [6.45, 7) is 3.89. The number of hydrogen-bond acceptors (Lipinski definition) is 6. The molecule has 30 heavy (non-hydrogen) atoms. The molecule has 2 aromatic heterocycles. The third-order valence-corrected chi connectivity index (χ3v) is 4.97. The average molecular weight is 464 g/mol. The number of amides is 1. The number of thioether (sulfide) groups is 1. The van der Waals surface area contributed by atoms with Crippen LogP contribution < -0.4 is 4.90 Å². The van der Waals surface area contributed by atoms with Crippen molar-refractivity contribution >= 4 is 40.7 Å². The molecule has 0 aliphatic carbocycles. The van der Waals surface area contributed by atoms with Crippen LogP contribution in [0.5, 0.6) is 0 Å². The first-order valence-electron chi connectivity index (χ1n) is 9.07. The van der Waals surface area contributed by atoms with E-state index in [1.54, 1.807) is 44.6 Å². The molecule has 2 heterocycles. The second-order valence-corrected chi connectivity index (χ2v) is 7.35. The van der Waals surface area contributed by atoms with Gasteiger partial charge in [-0.25, -0.2) is 4.68 Å². The highest BCUT2D eigenvalue weighted by Gasteiger charge is 2.28. The first kappa shape index (κ1) is 24.0. The summed E-state index contributed by atoms with van der Waals surface area (Å²) in [6.07, 6.45) is -0.419. The number of pyridine rings is 1. The lowest BCUT2D eigenvalue weighted by Gasteiger charge is -2.20.